The summed E-state index contributed by atoms with van der Waals surface area (Å²) >= 11 is 0. The second-order valence-corrected chi connectivity index (χ2v) is 6.60. The molecular weight excluding hydrogens is 294 g/mol. The summed E-state index contributed by atoms with van der Waals surface area (Å²) in [5.74, 6) is -1.15. The summed E-state index contributed by atoms with van der Waals surface area (Å²) in [7, 11) is 1.67. The van der Waals surface area contributed by atoms with Crippen LogP contribution in [0, 0.1) is 11.3 Å². The number of amides is 1. The van der Waals surface area contributed by atoms with E-state index in [1.54, 1.807) is 59.0 Å². The Hall–Kier alpha value is -2.17. The van der Waals surface area contributed by atoms with Gasteiger partial charge in [-0.25, -0.2) is 0 Å². The van der Waals surface area contributed by atoms with Crippen LogP contribution in [0.2, 0.25) is 0 Å². The molecule has 1 rings (SSSR count). The zero-order valence-corrected chi connectivity index (χ0v) is 14.7. The Kier molecular flexibility index (Phi) is 6.07. The van der Waals surface area contributed by atoms with E-state index in [0.717, 1.165) is 0 Å². The summed E-state index contributed by atoms with van der Waals surface area (Å²) in [5.41, 5.74) is -0.175. The molecule has 0 aliphatic rings. The van der Waals surface area contributed by atoms with Crippen molar-refractivity contribution in [2.75, 3.05) is 13.6 Å². The minimum absolute atomic E-state index is 0.208. The number of nitrogens with zero attached hydrogens (tertiary/aromatic N) is 1. The third-order valence-corrected chi connectivity index (χ3v) is 3.58. The summed E-state index contributed by atoms with van der Waals surface area (Å²) in [5, 5.41) is 0. The molecule has 0 radical (unpaired) electrons. The molecule has 1 aromatic carbocycles. The fourth-order valence-corrected chi connectivity index (χ4v) is 1.80. The maximum Gasteiger partial charge on any atom is 0.316 e. The van der Waals surface area contributed by atoms with Crippen molar-refractivity contribution in [3.63, 3.8) is 0 Å². The van der Waals surface area contributed by atoms with E-state index in [4.69, 9.17) is 4.74 Å². The second-order valence-electron chi connectivity index (χ2n) is 6.60. The van der Waals surface area contributed by atoms with Crippen molar-refractivity contribution in [3.8, 4) is 5.75 Å². The number of hydrogen-bond acceptors (Lipinski definition) is 4. The fraction of sp³-hybridized carbons (Fsp3) is 0.500. The van der Waals surface area contributed by atoms with E-state index < -0.39 is 11.3 Å². The first kappa shape index (κ1) is 18.9. The van der Waals surface area contributed by atoms with E-state index in [1.165, 1.54) is 4.90 Å². The van der Waals surface area contributed by atoms with Crippen molar-refractivity contribution in [2.24, 2.45) is 11.3 Å². The van der Waals surface area contributed by atoms with Crippen LogP contribution >= 0.6 is 0 Å². The lowest BCUT2D eigenvalue weighted by molar-refractivity contribution is -0.143. The highest BCUT2D eigenvalue weighted by Gasteiger charge is 2.26. The van der Waals surface area contributed by atoms with E-state index in [9.17, 15) is 14.4 Å². The predicted molar refractivity (Wildman–Crippen MR) is 88.3 cm³/mol. The number of benzene rings is 1. The molecule has 0 fully saturated rings. The molecule has 0 aliphatic heterocycles. The van der Waals surface area contributed by atoms with E-state index >= 15 is 0 Å². The number of ketones is 1. The maximum absolute atomic E-state index is 12.3. The highest BCUT2D eigenvalue weighted by Crippen LogP contribution is 2.21. The van der Waals surface area contributed by atoms with Crippen molar-refractivity contribution < 1.29 is 19.1 Å². The molecule has 0 bridgehead atoms. The molecule has 1 amide bonds. The average Bonchev–Trinajstić information content (AvgIpc) is 2.51. The minimum Gasteiger partial charge on any atom is -0.426 e. The molecule has 5 nitrogen and oxygen atoms in total. The van der Waals surface area contributed by atoms with E-state index in [-0.39, 0.29) is 17.7 Å². The molecule has 0 N–H and O–H groups in total. The molecule has 0 heterocycles. The number of rotatable bonds is 5. The topological polar surface area (TPSA) is 63.7 Å². The second kappa shape index (κ2) is 7.40. The van der Waals surface area contributed by atoms with Crippen LogP contribution in [-0.2, 0) is 9.59 Å². The molecule has 126 valence electrons. The third-order valence-electron chi connectivity index (χ3n) is 3.58. The van der Waals surface area contributed by atoms with Crippen molar-refractivity contribution in [3.05, 3.63) is 29.8 Å². The number of ether oxygens (including phenoxy) is 1. The lowest BCUT2D eigenvalue weighted by Crippen LogP contribution is -2.35. The Morgan fingerprint density at radius 1 is 1.13 bits per heavy atom. The molecule has 23 heavy (non-hydrogen) atoms. The summed E-state index contributed by atoms with van der Waals surface area (Å²) in [6, 6.07) is 6.28. The first-order chi connectivity index (χ1) is 10.6. The molecular formula is C18H25NO4. The van der Waals surface area contributed by atoms with Crippen LogP contribution in [0.25, 0.3) is 0 Å². The number of esters is 1. The number of carbonyl (C=O) groups excluding carboxylic acids is 3. The van der Waals surface area contributed by atoms with Crippen molar-refractivity contribution >= 4 is 17.7 Å². The Morgan fingerprint density at radius 3 is 2.09 bits per heavy atom. The molecule has 0 aliphatic carbocycles. The number of carbonyl (C=O) groups is 3. The molecule has 1 unspecified atom stereocenters. The zero-order chi connectivity index (χ0) is 17.8. The standard InChI is InChI=1S/C18H25NO4/c1-7-19(6)16(21)12(2)15(20)13-8-10-14(11-9-13)23-17(22)18(3,4)5/h8-12H,7H2,1-6H3. The average molecular weight is 319 g/mol. The normalized spacial score (nSPS) is 12.4. The SMILES string of the molecule is CCN(C)C(=O)C(C)C(=O)c1ccc(OC(=O)C(C)(C)C)cc1. The Balaban J connectivity index is 2.82. The van der Waals surface area contributed by atoms with Gasteiger partial charge in [-0.15, -0.1) is 0 Å². The largest absolute Gasteiger partial charge is 0.426 e. The lowest BCUT2D eigenvalue weighted by atomic mass is 9.97. The highest BCUT2D eigenvalue weighted by atomic mass is 16.5. The smallest absolute Gasteiger partial charge is 0.316 e. The monoisotopic (exact) mass is 319 g/mol. The molecule has 0 aromatic heterocycles. The fourth-order valence-electron chi connectivity index (χ4n) is 1.80. The van der Waals surface area contributed by atoms with Gasteiger partial charge in [0, 0.05) is 19.2 Å². The lowest BCUT2D eigenvalue weighted by Gasteiger charge is -2.19. The minimum atomic E-state index is -0.733. The molecule has 5 heteroatoms. The van der Waals surface area contributed by atoms with Gasteiger partial charge in [0.1, 0.15) is 5.75 Å². The summed E-state index contributed by atoms with van der Waals surface area (Å²) in [6.45, 7) is 9.32. The number of Topliss-reactive ketones (excluding diaryl/α,β-unsaturated/α-hetero) is 1. The van der Waals surface area contributed by atoms with Crippen molar-refractivity contribution in [1.82, 2.24) is 4.90 Å². The van der Waals surface area contributed by atoms with Gasteiger partial charge >= 0.3 is 5.97 Å². The summed E-state index contributed by atoms with van der Waals surface area (Å²) < 4.78 is 5.25. The van der Waals surface area contributed by atoms with Crippen LogP contribution in [0.15, 0.2) is 24.3 Å². The van der Waals surface area contributed by atoms with Crippen LogP contribution in [0.1, 0.15) is 45.0 Å². The molecule has 1 atom stereocenters. The first-order valence-electron chi connectivity index (χ1n) is 7.69. The maximum atomic E-state index is 12.3. The van der Waals surface area contributed by atoms with E-state index in [0.29, 0.717) is 17.9 Å². The van der Waals surface area contributed by atoms with Crippen LogP contribution in [0.3, 0.4) is 0 Å². The Morgan fingerprint density at radius 2 is 1.65 bits per heavy atom. The zero-order valence-electron chi connectivity index (χ0n) is 14.7. The quantitative estimate of drug-likeness (QED) is 0.362. The molecule has 0 saturated carbocycles. The van der Waals surface area contributed by atoms with Gasteiger partial charge in [-0.05, 0) is 58.9 Å². The highest BCUT2D eigenvalue weighted by molar-refractivity contribution is 6.09. The number of hydrogen-bond donors (Lipinski definition) is 0. The van der Waals surface area contributed by atoms with E-state index in [1.807, 2.05) is 6.92 Å². The molecule has 0 spiro atoms. The Bertz CT molecular complexity index is 584. The van der Waals surface area contributed by atoms with Gasteiger partial charge in [0.05, 0.1) is 11.3 Å². The van der Waals surface area contributed by atoms with Crippen LogP contribution in [0.5, 0.6) is 5.75 Å². The van der Waals surface area contributed by atoms with Gasteiger partial charge in [-0.2, -0.15) is 0 Å². The van der Waals surface area contributed by atoms with Crippen molar-refractivity contribution in [2.45, 2.75) is 34.6 Å². The van der Waals surface area contributed by atoms with Gasteiger partial charge in [0.25, 0.3) is 0 Å². The third kappa shape index (κ3) is 4.91. The summed E-state index contributed by atoms with van der Waals surface area (Å²) in [4.78, 5) is 37.7. The van der Waals surface area contributed by atoms with Gasteiger partial charge in [0.15, 0.2) is 5.78 Å². The molecule has 0 saturated heterocycles. The molecule has 1 aromatic rings. The van der Waals surface area contributed by atoms with Crippen LogP contribution in [-0.4, -0.2) is 36.2 Å². The van der Waals surface area contributed by atoms with Gasteiger partial charge in [0.2, 0.25) is 5.91 Å². The van der Waals surface area contributed by atoms with Crippen molar-refractivity contribution in [1.29, 1.82) is 0 Å². The predicted octanol–water partition coefficient (Wildman–Crippen LogP) is 2.94. The van der Waals surface area contributed by atoms with Crippen LogP contribution < -0.4 is 4.74 Å². The Labute approximate surface area is 137 Å². The summed E-state index contributed by atoms with van der Waals surface area (Å²) in [6.07, 6.45) is 0. The van der Waals surface area contributed by atoms with Gasteiger partial charge in [-0.1, -0.05) is 0 Å². The van der Waals surface area contributed by atoms with E-state index in [2.05, 4.69) is 0 Å². The van der Waals surface area contributed by atoms with Gasteiger partial charge in [-0.3, -0.25) is 14.4 Å². The first-order valence-corrected chi connectivity index (χ1v) is 7.69. The van der Waals surface area contributed by atoms with Gasteiger partial charge < -0.3 is 9.64 Å². The van der Waals surface area contributed by atoms with Crippen LogP contribution in [0.4, 0.5) is 0 Å².